The fraction of sp³-hybridized carbons (Fsp3) is 0.483. The number of carbonyl (C=O) groups is 1. The highest BCUT2D eigenvalue weighted by atomic mass is 16.5. The quantitative estimate of drug-likeness (QED) is 0.435. The zero-order valence-electron chi connectivity index (χ0n) is 24.2. The van der Waals surface area contributed by atoms with Gasteiger partial charge in [0.1, 0.15) is 18.2 Å². The third kappa shape index (κ3) is 8.32. The van der Waals surface area contributed by atoms with Crippen LogP contribution >= 0.6 is 0 Å². The van der Waals surface area contributed by atoms with Gasteiger partial charge in [-0.15, -0.1) is 0 Å². The Morgan fingerprint density at radius 1 is 1.00 bits per heavy atom. The average Bonchev–Trinajstić information content (AvgIpc) is 3.31. The van der Waals surface area contributed by atoms with Crippen molar-refractivity contribution in [2.75, 3.05) is 40.1 Å². The van der Waals surface area contributed by atoms with Crippen molar-refractivity contribution < 1.29 is 14.3 Å². The molecule has 0 spiro atoms. The van der Waals surface area contributed by atoms with Crippen LogP contribution in [0.15, 0.2) is 48.8 Å². The highest BCUT2D eigenvalue weighted by molar-refractivity contribution is 5.93. The van der Waals surface area contributed by atoms with E-state index in [4.69, 9.17) is 9.47 Å². The lowest BCUT2D eigenvalue weighted by Crippen LogP contribution is -2.40. The van der Waals surface area contributed by atoms with Crippen molar-refractivity contribution in [2.24, 2.45) is 0 Å². The molecule has 1 fully saturated rings. The van der Waals surface area contributed by atoms with Crippen LogP contribution in [-0.4, -0.2) is 72.6 Å². The highest BCUT2D eigenvalue weighted by Crippen LogP contribution is 2.36. The summed E-state index contributed by atoms with van der Waals surface area (Å²) >= 11 is 0. The Morgan fingerprint density at radius 3 is 2.24 bits per heavy atom. The molecule has 4 rings (SSSR count). The zero-order chi connectivity index (χ0) is 28.0. The first-order valence-corrected chi connectivity index (χ1v) is 13.2. The van der Waals surface area contributed by atoms with Crippen LogP contribution in [0.1, 0.15) is 48.0 Å². The first-order chi connectivity index (χ1) is 18.0. The summed E-state index contributed by atoms with van der Waals surface area (Å²) in [5.41, 5.74) is 1.69. The third-order valence-corrected chi connectivity index (χ3v) is 5.49. The number of likely N-dealkylation sites (N-methyl/N-ethyl adjacent to an activating group) is 2. The third-order valence-electron chi connectivity index (χ3n) is 5.49. The lowest BCUT2D eigenvalue weighted by Gasteiger charge is -2.21. The summed E-state index contributed by atoms with van der Waals surface area (Å²) in [5, 5.41) is 4.17. The number of amides is 1. The second kappa shape index (κ2) is 16.4. The van der Waals surface area contributed by atoms with Gasteiger partial charge >= 0.3 is 0 Å². The summed E-state index contributed by atoms with van der Waals surface area (Å²) in [6.45, 7) is 12.7. The predicted molar refractivity (Wildman–Crippen MR) is 154 cm³/mol. The molecule has 2 aromatic carbocycles. The number of para-hydroxylation sites is 1. The zero-order valence-corrected chi connectivity index (χ0v) is 24.2. The number of rotatable bonds is 6. The van der Waals surface area contributed by atoms with Crippen molar-refractivity contribution in [1.29, 1.82) is 0 Å². The molecular weight excluding hydrogens is 466 g/mol. The van der Waals surface area contributed by atoms with E-state index in [1.54, 1.807) is 26.1 Å². The Morgan fingerprint density at radius 2 is 1.65 bits per heavy atom. The van der Waals surface area contributed by atoms with E-state index in [1.165, 1.54) is 6.33 Å². The van der Waals surface area contributed by atoms with Gasteiger partial charge in [0.15, 0.2) is 11.5 Å². The number of nitrogens with zero attached hydrogens (tertiary/aromatic N) is 4. The molecule has 3 aromatic rings. The number of fused-ring (bicyclic) bond motifs is 1. The number of hydrogen-bond donors (Lipinski definition) is 1. The van der Waals surface area contributed by atoms with Gasteiger partial charge in [-0.05, 0) is 25.2 Å². The van der Waals surface area contributed by atoms with E-state index in [9.17, 15) is 4.79 Å². The van der Waals surface area contributed by atoms with Crippen molar-refractivity contribution in [3.05, 3.63) is 48.8 Å². The summed E-state index contributed by atoms with van der Waals surface area (Å²) in [6.07, 6.45) is 2.02. The smallest absolute Gasteiger partial charge is 0.239 e. The molecule has 0 unspecified atom stereocenters. The largest absolute Gasteiger partial charge is 0.493 e. The second-order valence-electron chi connectivity index (χ2n) is 7.90. The number of likely N-dealkylation sites (tertiary alicyclic amines) is 1. The Kier molecular flexibility index (Phi) is 14.0. The average molecular weight is 512 g/mol. The van der Waals surface area contributed by atoms with E-state index in [0.29, 0.717) is 30.3 Å². The van der Waals surface area contributed by atoms with E-state index >= 15 is 0 Å². The van der Waals surface area contributed by atoms with Crippen molar-refractivity contribution in [3.63, 3.8) is 0 Å². The van der Waals surface area contributed by atoms with Crippen LogP contribution in [0, 0.1) is 0 Å². The van der Waals surface area contributed by atoms with Gasteiger partial charge in [0.25, 0.3) is 0 Å². The fourth-order valence-corrected chi connectivity index (χ4v) is 3.88. The predicted octanol–water partition coefficient (Wildman–Crippen LogP) is 6.00. The lowest BCUT2D eigenvalue weighted by molar-refractivity contribution is -0.133. The van der Waals surface area contributed by atoms with Crippen LogP contribution < -0.4 is 14.8 Å². The lowest BCUT2D eigenvalue weighted by atomic mass is 10.1. The highest BCUT2D eigenvalue weighted by Gasteiger charge is 2.36. The maximum Gasteiger partial charge on any atom is 0.239 e. The van der Waals surface area contributed by atoms with Crippen molar-refractivity contribution in [2.45, 2.75) is 60.1 Å². The maximum atomic E-state index is 12.4. The second-order valence-corrected chi connectivity index (χ2v) is 7.90. The topological polar surface area (TPSA) is 79.8 Å². The number of aromatic nitrogens is 2. The Hall–Kier alpha value is -3.39. The van der Waals surface area contributed by atoms with Gasteiger partial charge in [0, 0.05) is 44.2 Å². The van der Waals surface area contributed by atoms with Crippen LogP contribution in [0.5, 0.6) is 11.5 Å². The summed E-state index contributed by atoms with van der Waals surface area (Å²) < 4.78 is 11.9. The molecular formula is C29H45N5O3. The van der Waals surface area contributed by atoms with Crippen LogP contribution in [-0.2, 0) is 4.79 Å². The molecule has 0 aliphatic carbocycles. The standard InChI is InChI=1S/C23H27N5O3.3C2H6/c1-27(2)23(29)19-10-16(13-28(19)3)31-21-11-17-18(12-20(21)30-4)24-14-25-22(17)26-15-8-6-5-7-9-15;3*1-2/h5-9,11-12,14,16,19H,10,13H2,1-4H3,(H,24,25,26);3*1-2H3/t16-,19+;;;/m0.../s1. The van der Waals surface area contributed by atoms with Crippen LogP contribution in [0.4, 0.5) is 11.5 Å². The van der Waals surface area contributed by atoms with Gasteiger partial charge in [0.2, 0.25) is 5.91 Å². The van der Waals surface area contributed by atoms with Gasteiger partial charge in [-0.1, -0.05) is 59.7 Å². The fourth-order valence-electron chi connectivity index (χ4n) is 3.88. The molecule has 8 heteroatoms. The number of hydrogen-bond acceptors (Lipinski definition) is 7. The monoisotopic (exact) mass is 511 g/mol. The first kappa shape index (κ1) is 31.6. The Balaban J connectivity index is 0.00000106. The van der Waals surface area contributed by atoms with Crippen LogP contribution in [0.2, 0.25) is 0 Å². The van der Waals surface area contributed by atoms with Gasteiger partial charge in [-0.25, -0.2) is 9.97 Å². The first-order valence-electron chi connectivity index (χ1n) is 13.2. The number of methoxy groups -OCH3 is 1. The molecule has 1 aliphatic heterocycles. The number of ether oxygens (including phenoxy) is 2. The van der Waals surface area contributed by atoms with Crippen LogP contribution in [0.25, 0.3) is 10.9 Å². The molecule has 204 valence electrons. The minimum absolute atomic E-state index is 0.0850. The molecule has 0 bridgehead atoms. The van der Waals surface area contributed by atoms with Gasteiger partial charge in [-0.3, -0.25) is 9.69 Å². The van der Waals surface area contributed by atoms with Gasteiger partial charge in [0.05, 0.1) is 18.7 Å². The SMILES string of the molecule is CC.CC.CC.COc1cc2ncnc(Nc3ccccc3)c2cc1O[C@H]1C[C@H](C(=O)N(C)C)N(C)C1. The summed E-state index contributed by atoms with van der Waals surface area (Å²) in [5.74, 6) is 1.98. The van der Waals surface area contributed by atoms with E-state index in [2.05, 4.69) is 15.3 Å². The Labute approximate surface area is 223 Å². The van der Waals surface area contributed by atoms with Crippen molar-refractivity contribution in [3.8, 4) is 11.5 Å². The molecule has 1 amide bonds. The molecule has 2 atom stereocenters. The maximum absolute atomic E-state index is 12.4. The normalized spacial score (nSPS) is 16.2. The molecule has 0 saturated carbocycles. The van der Waals surface area contributed by atoms with Gasteiger partial charge < -0.3 is 19.7 Å². The van der Waals surface area contributed by atoms with E-state index in [1.807, 2.05) is 96.0 Å². The molecule has 1 aromatic heterocycles. The molecule has 1 N–H and O–H groups in total. The van der Waals surface area contributed by atoms with E-state index in [-0.39, 0.29) is 18.1 Å². The van der Waals surface area contributed by atoms with Gasteiger partial charge in [-0.2, -0.15) is 0 Å². The number of carbonyl (C=O) groups excluding carboxylic acids is 1. The molecule has 1 aliphatic rings. The van der Waals surface area contributed by atoms with Crippen molar-refractivity contribution >= 4 is 28.3 Å². The minimum Gasteiger partial charge on any atom is -0.493 e. The molecule has 0 radical (unpaired) electrons. The number of nitrogens with one attached hydrogen (secondary N) is 1. The van der Waals surface area contributed by atoms with Crippen molar-refractivity contribution in [1.82, 2.24) is 19.8 Å². The number of anilines is 2. The summed E-state index contributed by atoms with van der Waals surface area (Å²) in [7, 11) is 7.11. The molecule has 2 heterocycles. The Bertz CT molecular complexity index is 1080. The number of benzene rings is 2. The minimum atomic E-state index is -0.190. The summed E-state index contributed by atoms with van der Waals surface area (Å²) in [6, 6.07) is 13.4. The summed E-state index contributed by atoms with van der Waals surface area (Å²) in [4.78, 5) is 24.9. The van der Waals surface area contributed by atoms with E-state index in [0.717, 1.165) is 16.6 Å². The molecule has 1 saturated heterocycles. The molecule has 37 heavy (non-hydrogen) atoms. The van der Waals surface area contributed by atoms with Crippen LogP contribution in [0.3, 0.4) is 0 Å². The van der Waals surface area contributed by atoms with E-state index < -0.39 is 0 Å². The molecule has 8 nitrogen and oxygen atoms in total.